The van der Waals surface area contributed by atoms with E-state index in [1.807, 2.05) is 36.0 Å². The van der Waals surface area contributed by atoms with Gasteiger partial charge in [-0.3, -0.25) is 4.79 Å². The van der Waals surface area contributed by atoms with E-state index in [-0.39, 0.29) is 5.91 Å². The largest absolute Gasteiger partial charge is 0.327 e. The van der Waals surface area contributed by atoms with Crippen molar-refractivity contribution in [3.05, 3.63) is 46.9 Å². The van der Waals surface area contributed by atoms with Crippen LogP contribution in [-0.4, -0.2) is 15.5 Å². The van der Waals surface area contributed by atoms with Gasteiger partial charge in [0.25, 0.3) is 5.91 Å². The van der Waals surface area contributed by atoms with Gasteiger partial charge in [0.15, 0.2) is 0 Å². The number of hydrogen-bond acceptors (Lipinski definition) is 3. The number of hydrogen-bond donors (Lipinski definition) is 1. The zero-order valence-electron chi connectivity index (χ0n) is 12.9. The number of imidazole rings is 1. The quantitative estimate of drug-likeness (QED) is 0.748. The number of carbonyl (C=O) groups is 1. The fourth-order valence-corrected chi connectivity index (χ4v) is 3.98. The van der Waals surface area contributed by atoms with Crippen molar-refractivity contribution in [3.63, 3.8) is 0 Å². The van der Waals surface area contributed by atoms with Crippen LogP contribution in [0.3, 0.4) is 0 Å². The fourth-order valence-electron chi connectivity index (χ4n) is 3.36. The number of rotatable bonds is 3. The second-order valence-electron chi connectivity index (χ2n) is 6.08. The lowest BCUT2D eigenvalue weighted by Gasteiger charge is -2.23. The molecule has 0 aliphatic heterocycles. The molecule has 2 aromatic heterocycles. The Bertz CT molecular complexity index is 816. The number of anilines is 1. The number of nitrogens with one attached hydrogen (secondary N) is 1. The molecule has 5 heteroatoms. The lowest BCUT2D eigenvalue weighted by atomic mass is 9.95. The molecule has 4 nitrogen and oxygen atoms in total. The summed E-state index contributed by atoms with van der Waals surface area (Å²) >= 11 is 1.45. The summed E-state index contributed by atoms with van der Waals surface area (Å²) in [5, 5.41) is 4.85. The number of benzene rings is 1. The van der Waals surface area contributed by atoms with Gasteiger partial charge >= 0.3 is 0 Å². The first-order valence-electron chi connectivity index (χ1n) is 8.13. The molecule has 118 valence electrons. The van der Waals surface area contributed by atoms with Crippen molar-refractivity contribution < 1.29 is 4.79 Å². The molecule has 1 aromatic carbocycles. The van der Waals surface area contributed by atoms with Crippen molar-refractivity contribution in [3.8, 4) is 0 Å². The SMILES string of the molecule is O=C(Nc1ccc2c(c1)ncn2C1CCCCC1)c1cccs1. The Hall–Kier alpha value is -2.14. The summed E-state index contributed by atoms with van der Waals surface area (Å²) in [5.74, 6) is -0.0638. The maximum atomic E-state index is 12.1. The Labute approximate surface area is 139 Å². The Kier molecular flexibility index (Phi) is 3.87. The van der Waals surface area contributed by atoms with E-state index in [1.54, 1.807) is 0 Å². The first-order valence-corrected chi connectivity index (χ1v) is 9.01. The van der Waals surface area contributed by atoms with Gasteiger partial charge in [-0.1, -0.05) is 25.3 Å². The van der Waals surface area contributed by atoms with E-state index in [9.17, 15) is 4.79 Å². The van der Waals surface area contributed by atoms with Crippen LogP contribution in [0.1, 0.15) is 47.8 Å². The van der Waals surface area contributed by atoms with E-state index in [4.69, 9.17) is 0 Å². The Morgan fingerprint density at radius 2 is 2.09 bits per heavy atom. The average Bonchev–Trinajstić information content (AvgIpc) is 3.25. The van der Waals surface area contributed by atoms with E-state index in [2.05, 4.69) is 20.9 Å². The molecule has 1 N–H and O–H groups in total. The van der Waals surface area contributed by atoms with Gasteiger partial charge in [-0.15, -0.1) is 11.3 Å². The van der Waals surface area contributed by atoms with Crippen molar-refractivity contribution >= 4 is 34.0 Å². The highest BCUT2D eigenvalue weighted by atomic mass is 32.1. The number of fused-ring (bicyclic) bond motifs is 1. The maximum Gasteiger partial charge on any atom is 0.265 e. The number of nitrogens with zero attached hydrogens (tertiary/aromatic N) is 2. The normalized spacial score (nSPS) is 15.8. The molecule has 3 aromatic rings. The van der Waals surface area contributed by atoms with Crippen LogP contribution in [-0.2, 0) is 0 Å². The standard InChI is InChI=1S/C18H19N3OS/c22-18(17-7-4-10-23-17)20-13-8-9-16-15(11-13)19-12-21(16)14-5-2-1-3-6-14/h4,7-12,14H,1-3,5-6H2,(H,20,22). The zero-order chi connectivity index (χ0) is 15.6. The molecular weight excluding hydrogens is 306 g/mol. The third kappa shape index (κ3) is 2.88. The highest BCUT2D eigenvalue weighted by Gasteiger charge is 2.17. The molecule has 1 aliphatic carbocycles. The topological polar surface area (TPSA) is 46.9 Å². The van der Waals surface area contributed by atoms with Crippen LogP contribution in [0.5, 0.6) is 0 Å². The van der Waals surface area contributed by atoms with Crippen molar-refractivity contribution in [1.29, 1.82) is 0 Å². The minimum atomic E-state index is -0.0638. The number of aromatic nitrogens is 2. The average molecular weight is 325 g/mol. The van der Waals surface area contributed by atoms with Crippen molar-refractivity contribution in [2.75, 3.05) is 5.32 Å². The van der Waals surface area contributed by atoms with Gasteiger partial charge in [-0.2, -0.15) is 0 Å². The van der Waals surface area contributed by atoms with Gasteiger partial charge in [0, 0.05) is 11.7 Å². The molecule has 23 heavy (non-hydrogen) atoms. The minimum absolute atomic E-state index is 0.0638. The van der Waals surface area contributed by atoms with E-state index >= 15 is 0 Å². The monoisotopic (exact) mass is 325 g/mol. The molecule has 0 radical (unpaired) electrons. The summed E-state index contributed by atoms with van der Waals surface area (Å²) in [6.45, 7) is 0. The summed E-state index contributed by atoms with van der Waals surface area (Å²) in [4.78, 5) is 17.4. The summed E-state index contributed by atoms with van der Waals surface area (Å²) in [6, 6.07) is 10.3. The van der Waals surface area contributed by atoms with E-state index in [0.717, 1.165) is 21.6 Å². The second-order valence-corrected chi connectivity index (χ2v) is 7.03. The van der Waals surface area contributed by atoms with Gasteiger partial charge in [0.2, 0.25) is 0 Å². The highest BCUT2D eigenvalue weighted by molar-refractivity contribution is 7.12. The summed E-state index contributed by atoms with van der Waals surface area (Å²) in [7, 11) is 0. The van der Waals surface area contributed by atoms with Crippen LogP contribution in [0.15, 0.2) is 42.0 Å². The molecule has 0 saturated heterocycles. The van der Waals surface area contributed by atoms with Crippen molar-refractivity contribution in [1.82, 2.24) is 9.55 Å². The summed E-state index contributed by atoms with van der Waals surface area (Å²) < 4.78 is 2.30. The highest BCUT2D eigenvalue weighted by Crippen LogP contribution is 2.31. The predicted molar refractivity (Wildman–Crippen MR) is 94.1 cm³/mol. The molecule has 1 fully saturated rings. The molecular formula is C18H19N3OS. The summed E-state index contributed by atoms with van der Waals surface area (Å²) in [5.41, 5.74) is 2.90. The van der Waals surface area contributed by atoms with Crippen LogP contribution in [0.4, 0.5) is 5.69 Å². The number of carbonyl (C=O) groups excluding carboxylic acids is 1. The molecule has 0 spiro atoms. The van der Waals surface area contributed by atoms with Crippen LogP contribution in [0, 0.1) is 0 Å². The second kappa shape index (κ2) is 6.16. The molecule has 2 heterocycles. The molecule has 0 bridgehead atoms. The first kappa shape index (κ1) is 14.5. The molecule has 0 unspecified atom stereocenters. The number of amides is 1. The van der Waals surface area contributed by atoms with E-state index < -0.39 is 0 Å². The van der Waals surface area contributed by atoms with Crippen LogP contribution in [0.2, 0.25) is 0 Å². The smallest absolute Gasteiger partial charge is 0.265 e. The van der Waals surface area contributed by atoms with Crippen molar-refractivity contribution in [2.24, 2.45) is 0 Å². The predicted octanol–water partition coefficient (Wildman–Crippen LogP) is 4.86. The minimum Gasteiger partial charge on any atom is -0.327 e. The van der Waals surface area contributed by atoms with Gasteiger partial charge in [0.1, 0.15) is 0 Å². The molecule has 1 amide bonds. The maximum absolute atomic E-state index is 12.1. The first-order chi connectivity index (χ1) is 11.3. The molecule has 0 atom stereocenters. The fraction of sp³-hybridized carbons (Fsp3) is 0.333. The third-order valence-electron chi connectivity index (χ3n) is 4.55. The van der Waals surface area contributed by atoms with Crippen LogP contribution < -0.4 is 5.32 Å². The van der Waals surface area contributed by atoms with E-state index in [0.29, 0.717) is 6.04 Å². The Balaban J connectivity index is 1.58. The van der Waals surface area contributed by atoms with E-state index in [1.165, 1.54) is 43.4 Å². The van der Waals surface area contributed by atoms with Crippen molar-refractivity contribution in [2.45, 2.75) is 38.1 Å². The van der Waals surface area contributed by atoms with Gasteiger partial charge < -0.3 is 9.88 Å². The summed E-state index contributed by atoms with van der Waals surface area (Å²) in [6.07, 6.45) is 8.39. The molecule has 1 aliphatic rings. The Morgan fingerprint density at radius 1 is 1.22 bits per heavy atom. The third-order valence-corrected chi connectivity index (χ3v) is 5.41. The lowest BCUT2D eigenvalue weighted by molar-refractivity contribution is 0.103. The van der Waals surface area contributed by atoms with Gasteiger partial charge in [-0.05, 0) is 42.5 Å². The molecule has 1 saturated carbocycles. The Morgan fingerprint density at radius 3 is 2.87 bits per heavy atom. The van der Waals surface area contributed by atoms with Crippen LogP contribution >= 0.6 is 11.3 Å². The van der Waals surface area contributed by atoms with Crippen LogP contribution in [0.25, 0.3) is 11.0 Å². The zero-order valence-corrected chi connectivity index (χ0v) is 13.7. The molecule has 4 rings (SSSR count). The van der Waals surface area contributed by atoms with Gasteiger partial charge in [0.05, 0.1) is 22.2 Å². The van der Waals surface area contributed by atoms with Gasteiger partial charge in [-0.25, -0.2) is 4.98 Å². The number of thiophene rings is 1. The lowest BCUT2D eigenvalue weighted by Crippen LogP contribution is -2.12.